The monoisotopic (exact) mass is 235 g/mol. The van der Waals surface area contributed by atoms with Gasteiger partial charge >= 0.3 is 0 Å². The van der Waals surface area contributed by atoms with Crippen molar-refractivity contribution in [3.63, 3.8) is 0 Å². The molecule has 0 spiro atoms. The molecule has 3 N–H and O–H groups in total. The van der Waals surface area contributed by atoms with Crippen LogP contribution in [0, 0.1) is 0 Å². The maximum absolute atomic E-state index is 11.7. The van der Waals surface area contributed by atoms with Gasteiger partial charge in [-0.2, -0.15) is 0 Å². The molecule has 1 fully saturated rings. The van der Waals surface area contributed by atoms with Crippen LogP contribution in [0.15, 0.2) is 23.0 Å². The Hall–Kier alpha value is -1.62. The maximum Gasteiger partial charge on any atom is 0.267 e. The van der Waals surface area contributed by atoms with Crippen molar-refractivity contribution in [1.29, 1.82) is 0 Å². The number of hydrogen-bond acceptors (Lipinski definition) is 3. The van der Waals surface area contributed by atoms with Crippen LogP contribution in [0.3, 0.4) is 0 Å². The minimum atomic E-state index is -0.256. The minimum Gasteiger partial charge on any atom is -0.349 e. The lowest BCUT2D eigenvalue weighted by molar-refractivity contribution is 0.0942. The van der Waals surface area contributed by atoms with Crippen LogP contribution in [-0.4, -0.2) is 30.0 Å². The van der Waals surface area contributed by atoms with Crippen molar-refractivity contribution in [2.24, 2.45) is 0 Å². The van der Waals surface area contributed by atoms with E-state index < -0.39 is 0 Å². The molecular weight excluding hydrogens is 218 g/mol. The Morgan fingerprint density at radius 3 is 3.00 bits per heavy atom. The molecule has 5 nitrogen and oxygen atoms in total. The van der Waals surface area contributed by atoms with Crippen LogP contribution >= 0.6 is 0 Å². The van der Waals surface area contributed by atoms with Gasteiger partial charge in [0.1, 0.15) is 5.69 Å². The first kappa shape index (κ1) is 11.9. The summed E-state index contributed by atoms with van der Waals surface area (Å²) in [4.78, 5) is 25.3. The third-order valence-corrected chi connectivity index (χ3v) is 2.93. The summed E-state index contributed by atoms with van der Waals surface area (Å²) in [5, 5.41) is 6.17. The SMILES string of the molecule is O=C(NCC1CCCCN1)c1cccc(=O)[nH]1. The number of aromatic amines is 1. The second kappa shape index (κ2) is 5.63. The van der Waals surface area contributed by atoms with Crippen LogP contribution in [0.2, 0.25) is 0 Å². The number of piperidine rings is 1. The van der Waals surface area contributed by atoms with E-state index in [-0.39, 0.29) is 11.5 Å². The zero-order valence-electron chi connectivity index (χ0n) is 9.66. The molecule has 1 unspecified atom stereocenters. The van der Waals surface area contributed by atoms with E-state index >= 15 is 0 Å². The number of pyridine rings is 1. The van der Waals surface area contributed by atoms with Gasteiger partial charge in [0, 0.05) is 18.7 Å². The van der Waals surface area contributed by atoms with E-state index in [1.54, 1.807) is 12.1 Å². The van der Waals surface area contributed by atoms with Crippen molar-refractivity contribution in [2.45, 2.75) is 25.3 Å². The Morgan fingerprint density at radius 1 is 1.41 bits per heavy atom. The summed E-state index contributed by atoms with van der Waals surface area (Å²) < 4.78 is 0. The molecule has 0 saturated carbocycles. The normalized spacial score (nSPS) is 19.9. The highest BCUT2D eigenvalue weighted by Crippen LogP contribution is 2.05. The molecule has 1 atom stereocenters. The fraction of sp³-hybridized carbons (Fsp3) is 0.500. The molecule has 0 bridgehead atoms. The molecule has 2 rings (SSSR count). The molecule has 0 radical (unpaired) electrons. The van der Waals surface area contributed by atoms with Crippen molar-refractivity contribution >= 4 is 5.91 Å². The highest BCUT2D eigenvalue weighted by Gasteiger charge is 2.14. The second-order valence-electron chi connectivity index (χ2n) is 4.29. The van der Waals surface area contributed by atoms with E-state index in [4.69, 9.17) is 0 Å². The Labute approximate surface area is 99.6 Å². The molecule has 2 heterocycles. The van der Waals surface area contributed by atoms with Gasteiger partial charge in [-0.3, -0.25) is 9.59 Å². The zero-order chi connectivity index (χ0) is 12.1. The van der Waals surface area contributed by atoms with E-state index in [2.05, 4.69) is 15.6 Å². The second-order valence-corrected chi connectivity index (χ2v) is 4.29. The first-order valence-corrected chi connectivity index (χ1v) is 5.96. The molecule has 1 aliphatic heterocycles. The molecule has 5 heteroatoms. The topological polar surface area (TPSA) is 74.0 Å². The lowest BCUT2D eigenvalue weighted by Gasteiger charge is -2.23. The summed E-state index contributed by atoms with van der Waals surface area (Å²) in [6.07, 6.45) is 3.50. The third kappa shape index (κ3) is 3.42. The van der Waals surface area contributed by atoms with E-state index in [1.165, 1.54) is 18.9 Å². The average Bonchev–Trinajstić information content (AvgIpc) is 2.37. The molecule has 1 aliphatic rings. The number of H-pyrrole nitrogens is 1. The molecule has 92 valence electrons. The van der Waals surface area contributed by atoms with Crippen LogP contribution in [0.1, 0.15) is 29.8 Å². The summed E-state index contributed by atoms with van der Waals surface area (Å²) in [7, 11) is 0. The molecule has 1 saturated heterocycles. The quantitative estimate of drug-likeness (QED) is 0.703. The number of hydrogen-bond donors (Lipinski definition) is 3. The van der Waals surface area contributed by atoms with E-state index in [0.717, 1.165) is 13.0 Å². The first-order valence-electron chi connectivity index (χ1n) is 5.96. The fourth-order valence-corrected chi connectivity index (χ4v) is 1.99. The van der Waals surface area contributed by atoms with Gasteiger partial charge in [0.05, 0.1) is 0 Å². The number of amides is 1. The van der Waals surface area contributed by atoms with Gasteiger partial charge < -0.3 is 15.6 Å². The highest BCUT2D eigenvalue weighted by molar-refractivity contribution is 5.92. The van der Waals surface area contributed by atoms with Crippen molar-refractivity contribution in [3.05, 3.63) is 34.2 Å². The highest BCUT2D eigenvalue weighted by atomic mass is 16.2. The Morgan fingerprint density at radius 2 is 2.29 bits per heavy atom. The van der Waals surface area contributed by atoms with Crippen LogP contribution in [0.5, 0.6) is 0 Å². The standard InChI is InChI=1S/C12H17N3O2/c16-11-6-3-5-10(15-11)12(17)14-8-9-4-1-2-7-13-9/h3,5-6,9,13H,1-2,4,7-8H2,(H,14,17)(H,15,16). The summed E-state index contributed by atoms with van der Waals surface area (Å²) >= 11 is 0. The van der Waals surface area contributed by atoms with Gasteiger partial charge in [-0.25, -0.2) is 0 Å². The van der Waals surface area contributed by atoms with Crippen molar-refractivity contribution in [1.82, 2.24) is 15.6 Å². The van der Waals surface area contributed by atoms with Crippen LogP contribution in [-0.2, 0) is 0 Å². The van der Waals surface area contributed by atoms with Gasteiger partial charge in [-0.1, -0.05) is 12.5 Å². The van der Waals surface area contributed by atoms with Gasteiger partial charge in [0.15, 0.2) is 0 Å². The van der Waals surface area contributed by atoms with Crippen LogP contribution < -0.4 is 16.2 Å². The predicted molar refractivity (Wildman–Crippen MR) is 65.0 cm³/mol. The lowest BCUT2D eigenvalue weighted by Crippen LogP contribution is -2.43. The van der Waals surface area contributed by atoms with Crippen LogP contribution in [0.25, 0.3) is 0 Å². The number of aromatic nitrogens is 1. The molecule has 0 aliphatic carbocycles. The molecule has 1 amide bonds. The summed E-state index contributed by atoms with van der Waals surface area (Å²) in [6.45, 7) is 1.62. The number of nitrogens with one attached hydrogen (secondary N) is 3. The third-order valence-electron chi connectivity index (χ3n) is 2.93. The molecule has 17 heavy (non-hydrogen) atoms. The molecule has 0 aromatic carbocycles. The summed E-state index contributed by atoms with van der Waals surface area (Å²) in [6, 6.07) is 4.92. The van der Waals surface area contributed by atoms with Gasteiger partial charge in [-0.05, 0) is 25.5 Å². The minimum absolute atomic E-state index is 0.227. The van der Waals surface area contributed by atoms with Gasteiger partial charge in [0.2, 0.25) is 5.56 Å². The van der Waals surface area contributed by atoms with Crippen molar-refractivity contribution in [3.8, 4) is 0 Å². The van der Waals surface area contributed by atoms with Crippen molar-refractivity contribution < 1.29 is 4.79 Å². The number of carbonyl (C=O) groups excluding carboxylic acids is 1. The van der Waals surface area contributed by atoms with E-state index in [0.29, 0.717) is 18.3 Å². The van der Waals surface area contributed by atoms with E-state index in [9.17, 15) is 9.59 Å². The Kier molecular flexibility index (Phi) is 3.93. The van der Waals surface area contributed by atoms with Crippen LogP contribution in [0.4, 0.5) is 0 Å². The zero-order valence-corrected chi connectivity index (χ0v) is 9.66. The number of carbonyl (C=O) groups is 1. The lowest BCUT2D eigenvalue weighted by atomic mass is 10.1. The fourth-order valence-electron chi connectivity index (χ4n) is 1.99. The average molecular weight is 235 g/mol. The summed E-state index contributed by atoms with van der Waals surface area (Å²) in [5.74, 6) is -0.227. The predicted octanol–water partition coefficient (Wildman–Crippen LogP) is 0.247. The van der Waals surface area contributed by atoms with E-state index in [1.807, 2.05) is 0 Å². The van der Waals surface area contributed by atoms with Gasteiger partial charge in [0.25, 0.3) is 5.91 Å². The molecule has 1 aromatic heterocycles. The largest absolute Gasteiger partial charge is 0.349 e. The van der Waals surface area contributed by atoms with Gasteiger partial charge in [-0.15, -0.1) is 0 Å². The number of rotatable bonds is 3. The molecular formula is C12H17N3O2. The molecule has 1 aromatic rings. The summed E-state index contributed by atoms with van der Waals surface area (Å²) in [5.41, 5.74) is 0.0572. The smallest absolute Gasteiger partial charge is 0.267 e. The van der Waals surface area contributed by atoms with Crippen molar-refractivity contribution in [2.75, 3.05) is 13.1 Å². The first-order chi connectivity index (χ1) is 8.25. The Bertz CT molecular complexity index is 435. The Balaban J connectivity index is 1.86. The maximum atomic E-state index is 11.7.